The molecule has 6 heteroatoms. The normalized spacial score (nSPS) is 11.3. The molecule has 2 aromatic rings. The molecule has 0 saturated carbocycles. The lowest BCUT2D eigenvalue weighted by Crippen LogP contribution is -2.47. The molecule has 1 heterocycles. The third-order valence-corrected chi connectivity index (χ3v) is 3.89. The Hall–Kier alpha value is -1.92. The molecule has 3 N–H and O–H groups in total. The number of benzene rings is 1. The van der Waals surface area contributed by atoms with Gasteiger partial charge < -0.3 is 15.4 Å². The molecule has 100 valence electrons. The Balaban J connectivity index is 2.27. The van der Waals surface area contributed by atoms with Gasteiger partial charge in [0.2, 0.25) is 10.0 Å². The topological polar surface area (TPSA) is 88.8 Å². The van der Waals surface area contributed by atoms with Gasteiger partial charge in [0.05, 0.1) is 11.4 Å². The number of aryl methyl sites for hydroxylation is 1. The summed E-state index contributed by atoms with van der Waals surface area (Å²) in [5.41, 5.74) is 5.45. The predicted molar refractivity (Wildman–Crippen MR) is 72.2 cm³/mol. The van der Waals surface area contributed by atoms with E-state index < -0.39 is 10.0 Å². The van der Waals surface area contributed by atoms with Crippen LogP contribution < -0.4 is 5.73 Å². The van der Waals surface area contributed by atoms with Crippen LogP contribution in [0.2, 0.25) is 0 Å². The number of quaternary nitrogens is 1. The molecule has 1 aromatic carbocycles. The van der Waals surface area contributed by atoms with Crippen LogP contribution in [0.3, 0.4) is 0 Å². The monoisotopic (exact) mass is 277 g/mol. The molecular formula is C13H15N3O2S. The van der Waals surface area contributed by atoms with Crippen molar-refractivity contribution in [2.75, 3.05) is 0 Å². The summed E-state index contributed by atoms with van der Waals surface area (Å²) in [5.74, 6) is 0.196. The van der Waals surface area contributed by atoms with Gasteiger partial charge in [-0.2, -0.15) is 0 Å². The lowest BCUT2D eigenvalue weighted by Gasteiger charge is -2.16. The lowest BCUT2D eigenvalue weighted by atomic mass is 10.2. The van der Waals surface area contributed by atoms with E-state index in [1.165, 1.54) is 12.1 Å². The molecule has 0 atom stereocenters. The Morgan fingerprint density at radius 1 is 1.16 bits per heavy atom. The highest BCUT2D eigenvalue weighted by molar-refractivity contribution is 7.94. The molecule has 0 radical (unpaired) electrons. The average molecular weight is 277 g/mol. The summed E-state index contributed by atoms with van der Waals surface area (Å²) in [5, 5.41) is 0. The summed E-state index contributed by atoms with van der Waals surface area (Å²) in [6, 6.07) is 11.6. The highest BCUT2D eigenvalue weighted by atomic mass is 32.2. The van der Waals surface area contributed by atoms with Gasteiger partial charge in [-0.3, -0.25) is 0 Å². The first-order valence-corrected chi connectivity index (χ1v) is 7.25. The average Bonchev–Trinajstić information content (AvgIpc) is 2.38. The first-order chi connectivity index (χ1) is 9.01. The summed E-state index contributed by atoms with van der Waals surface area (Å²) < 4.78 is 27.9. The van der Waals surface area contributed by atoms with E-state index in [2.05, 4.69) is 15.4 Å². The van der Waals surface area contributed by atoms with E-state index in [1.807, 2.05) is 0 Å². The van der Waals surface area contributed by atoms with Gasteiger partial charge in [-0.1, -0.05) is 36.0 Å². The predicted octanol–water partition coefficient (Wildman–Crippen LogP) is 1.53. The molecule has 0 aliphatic rings. The quantitative estimate of drug-likeness (QED) is 0.919. The first kappa shape index (κ1) is 13.5. The van der Waals surface area contributed by atoms with E-state index in [1.54, 1.807) is 37.3 Å². The van der Waals surface area contributed by atoms with E-state index in [9.17, 15) is 8.42 Å². The van der Waals surface area contributed by atoms with E-state index in [0.717, 1.165) is 11.3 Å². The summed E-state index contributed by atoms with van der Waals surface area (Å²) in [6.45, 7) is 2.41. The second kappa shape index (κ2) is 5.38. The van der Waals surface area contributed by atoms with Crippen molar-refractivity contribution in [2.45, 2.75) is 18.4 Å². The minimum atomic E-state index is -3.71. The molecule has 1 aromatic heterocycles. The zero-order valence-corrected chi connectivity index (χ0v) is 11.4. The number of sulfonamides is 1. The fraction of sp³-hybridized carbons (Fsp3) is 0.154. The molecule has 0 aliphatic carbocycles. The smallest absolute Gasteiger partial charge is 0.202 e. The fourth-order valence-electron chi connectivity index (χ4n) is 1.58. The zero-order chi connectivity index (χ0) is 13.9. The SMILES string of the molecule is Cc1cccc([N-]S(=O)(=O)c2ccc(C[NH3+])cc2)n1. The minimum Gasteiger partial charge on any atom is -0.439 e. The molecule has 0 spiro atoms. The summed E-state index contributed by atoms with van der Waals surface area (Å²) in [6.07, 6.45) is 0. The van der Waals surface area contributed by atoms with Crippen LogP contribution in [0.15, 0.2) is 47.4 Å². The fourth-order valence-corrected chi connectivity index (χ4v) is 2.52. The van der Waals surface area contributed by atoms with Gasteiger partial charge in [-0.25, -0.2) is 8.42 Å². The third kappa shape index (κ3) is 3.30. The van der Waals surface area contributed by atoms with E-state index >= 15 is 0 Å². The number of rotatable bonds is 4. The highest BCUT2D eigenvalue weighted by Gasteiger charge is 2.09. The molecule has 0 bridgehead atoms. The minimum absolute atomic E-state index is 0.160. The van der Waals surface area contributed by atoms with Crippen LogP contribution in [-0.4, -0.2) is 13.4 Å². The number of nitrogens with zero attached hydrogens (tertiary/aromatic N) is 2. The molecule has 0 amide bonds. The van der Waals surface area contributed by atoms with Gasteiger partial charge in [0, 0.05) is 5.56 Å². The summed E-state index contributed by atoms with van der Waals surface area (Å²) in [4.78, 5) is 4.22. The van der Waals surface area contributed by atoms with Gasteiger partial charge >= 0.3 is 0 Å². The van der Waals surface area contributed by atoms with Crippen molar-refractivity contribution < 1.29 is 14.2 Å². The van der Waals surface area contributed by atoms with E-state index in [-0.39, 0.29) is 10.7 Å². The maximum absolute atomic E-state index is 12.1. The van der Waals surface area contributed by atoms with Crippen LogP contribution in [-0.2, 0) is 16.6 Å². The Bertz CT molecular complexity index is 667. The highest BCUT2D eigenvalue weighted by Crippen LogP contribution is 2.25. The van der Waals surface area contributed by atoms with Crippen molar-refractivity contribution in [1.82, 2.24) is 4.98 Å². The van der Waals surface area contributed by atoms with Crippen LogP contribution >= 0.6 is 0 Å². The van der Waals surface area contributed by atoms with Crippen molar-refractivity contribution in [3.05, 3.63) is 58.4 Å². The number of aromatic nitrogens is 1. The molecular weight excluding hydrogens is 262 g/mol. The maximum Gasteiger partial charge on any atom is 0.202 e. The molecule has 5 nitrogen and oxygen atoms in total. The molecule has 2 rings (SSSR count). The van der Waals surface area contributed by atoms with Gasteiger partial charge in [0.1, 0.15) is 0 Å². The van der Waals surface area contributed by atoms with E-state index in [0.29, 0.717) is 6.54 Å². The first-order valence-electron chi connectivity index (χ1n) is 5.81. The Labute approximate surface area is 112 Å². The van der Waals surface area contributed by atoms with Crippen molar-refractivity contribution in [3.63, 3.8) is 0 Å². The van der Waals surface area contributed by atoms with Gasteiger partial charge in [-0.15, -0.1) is 0 Å². The number of hydrogen-bond acceptors (Lipinski definition) is 3. The van der Waals surface area contributed by atoms with Crippen molar-refractivity contribution in [3.8, 4) is 0 Å². The number of pyridine rings is 1. The van der Waals surface area contributed by atoms with Crippen LogP contribution in [0.25, 0.3) is 4.72 Å². The standard InChI is InChI=1S/C13H14N3O2S/c1-10-3-2-4-13(15-10)16-19(17,18)12-7-5-11(9-14)6-8-12/h2-8H,9,14H2,1H3/q-1/p+1. The molecule has 0 fully saturated rings. The summed E-state index contributed by atoms with van der Waals surface area (Å²) in [7, 11) is -3.71. The van der Waals surface area contributed by atoms with E-state index in [4.69, 9.17) is 0 Å². The van der Waals surface area contributed by atoms with Crippen LogP contribution in [0.4, 0.5) is 5.82 Å². The molecule has 0 aliphatic heterocycles. The van der Waals surface area contributed by atoms with Crippen molar-refractivity contribution in [1.29, 1.82) is 0 Å². The summed E-state index contributed by atoms with van der Waals surface area (Å²) >= 11 is 0. The van der Waals surface area contributed by atoms with Crippen molar-refractivity contribution >= 4 is 15.8 Å². The maximum atomic E-state index is 12.1. The molecule has 0 saturated heterocycles. The Morgan fingerprint density at radius 2 is 1.84 bits per heavy atom. The van der Waals surface area contributed by atoms with Crippen LogP contribution in [0.1, 0.15) is 11.3 Å². The second-order valence-electron chi connectivity index (χ2n) is 4.10. The van der Waals surface area contributed by atoms with Gasteiger partial charge in [0.25, 0.3) is 0 Å². The third-order valence-electron chi connectivity index (χ3n) is 2.60. The zero-order valence-electron chi connectivity index (χ0n) is 10.6. The molecule has 0 unspecified atom stereocenters. The van der Waals surface area contributed by atoms with Crippen LogP contribution in [0.5, 0.6) is 0 Å². The van der Waals surface area contributed by atoms with Gasteiger partial charge in [-0.05, 0) is 24.9 Å². The molecule has 19 heavy (non-hydrogen) atoms. The van der Waals surface area contributed by atoms with Crippen molar-refractivity contribution in [2.24, 2.45) is 0 Å². The largest absolute Gasteiger partial charge is 0.439 e. The number of hydrogen-bond donors (Lipinski definition) is 1. The van der Waals surface area contributed by atoms with Gasteiger partial charge in [0.15, 0.2) is 0 Å². The second-order valence-corrected chi connectivity index (χ2v) is 5.70. The van der Waals surface area contributed by atoms with Crippen LogP contribution in [0, 0.1) is 6.92 Å². The Kier molecular flexibility index (Phi) is 3.82. The Morgan fingerprint density at radius 3 is 2.42 bits per heavy atom. The lowest BCUT2D eigenvalue weighted by molar-refractivity contribution is -0.386.